The summed E-state index contributed by atoms with van der Waals surface area (Å²) in [6.07, 6.45) is 6.20. The van der Waals surface area contributed by atoms with Gasteiger partial charge in [-0.25, -0.2) is 9.97 Å². The highest BCUT2D eigenvalue weighted by Gasteiger charge is 2.28. The second-order valence-electron chi connectivity index (χ2n) is 9.91. The number of aromatic nitrogens is 5. The van der Waals surface area contributed by atoms with Gasteiger partial charge >= 0.3 is 0 Å². The molecule has 0 saturated heterocycles. The number of imidazole rings is 1. The Morgan fingerprint density at radius 2 is 1.97 bits per heavy atom. The van der Waals surface area contributed by atoms with Gasteiger partial charge in [0.05, 0.1) is 23.1 Å². The molecule has 0 aliphatic carbocycles. The van der Waals surface area contributed by atoms with Crippen LogP contribution in [-0.4, -0.2) is 30.1 Å². The molecule has 0 fully saturated rings. The highest BCUT2D eigenvalue weighted by molar-refractivity contribution is 7.13. The first kappa shape index (κ1) is 21.8. The molecular weight excluding hydrogens is 430 g/mol. The van der Waals surface area contributed by atoms with Gasteiger partial charge < -0.3 is 4.57 Å². The Labute approximate surface area is 198 Å². The average Bonchev–Trinajstić information content (AvgIpc) is 3.51. The lowest BCUT2D eigenvalue weighted by atomic mass is 9.91. The van der Waals surface area contributed by atoms with Gasteiger partial charge in [0, 0.05) is 49.0 Å². The lowest BCUT2D eigenvalue weighted by molar-refractivity contribution is 0.0945. The maximum Gasteiger partial charge on any atom is 0.181 e. The van der Waals surface area contributed by atoms with Gasteiger partial charge in [0.1, 0.15) is 16.5 Å². The zero-order valence-corrected chi connectivity index (χ0v) is 20.4. The summed E-state index contributed by atoms with van der Waals surface area (Å²) >= 11 is 1.58. The molecule has 0 radical (unpaired) electrons. The Bertz CT molecular complexity index is 1290. The average molecular weight is 460 g/mol. The fourth-order valence-electron chi connectivity index (χ4n) is 4.44. The van der Waals surface area contributed by atoms with E-state index in [0.29, 0.717) is 12.1 Å². The molecule has 170 valence electrons. The molecule has 4 heterocycles. The minimum absolute atomic E-state index is 0.0241. The van der Waals surface area contributed by atoms with Crippen LogP contribution in [0.1, 0.15) is 55.6 Å². The number of carbonyl (C=O) groups excluding carboxylic acids is 1. The van der Waals surface area contributed by atoms with Gasteiger partial charge in [0.15, 0.2) is 5.78 Å². The standard InChI is InChI=1S/C26H29N5OS/c1-26(2,3)22-16-33-25(29-22)19-14-27-30(4)24(19)21(32)12-17-10-11-31-15-20(28-23(31)13-17)18-8-6-5-7-9-18/h5-9,14-17H,10-13H2,1-4H3. The molecule has 1 atom stereocenters. The Morgan fingerprint density at radius 1 is 1.18 bits per heavy atom. The number of nitrogens with zero attached hydrogens (tertiary/aromatic N) is 5. The minimum atomic E-state index is -0.0241. The lowest BCUT2D eigenvalue weighted by Gasteiger charge is -2.22. The fraction of sp³-hybridized carbons (Fsp3) is 0.385. The number of benzene rings is 1. The van der Waals surface area contributed by atoms with Crippen LogP contribution >= 0.6 is 11.3 Å². The zero-order valence-electron chi connectivity index (χ0n) is 19.6. The molecule has 1 aliphatic heterocycles. The van der Waals surface area contributed by atoms with E-state index in [2.05, 4.69) is 54.1 Å². The van der Waals surface area contributed by atoms with Crippen LogP contribution in [0.3, 0.4) is 0 Å². The molecule has 0 saturated carbocycles. The number of ketones is 1. The summed E-state index contributed by atoms with van der Waals surface area (Å²) in [5, 5.41) is 7.35. The van der Waals surface area contributed by atoms with Gasteiger partial charge in [-0.3, -0.25) is 9.48 Å². The number of aryl methyl sites for hydroxylation is 2. The van der Waals surface area contributed by atoms with Crippen molar-refractivity contribution in [3.63, 3.8) is 0 Å². The summed E-state index contributed by atoms with van der Waals surface area (Å²) in [5.41, 5.74) is 4.65. The third-order valence-corrected chi connectivity index (χ3v) is 7.23. The first-order chi connectivity index (χ1) is 15.8. The molecule has 3 aromatic heterocycles. The third kappa shape index (κ3) is 4.29. The number of Topliss-reactive ketones (excluding diaryl/α,β-unsaturated/α-hetero) is 1. The van der Waals surface area contributed by atoms with E-state index in [4.69, 9.17) is 9.97 Å². The molecule has 4 aromatic rings. The van der Waals surface area contributed by atoms with Crippen LogP contribution in [0.4, 0.5) is 0 Å². The molecule has 1 aromatic carbocycles. The van der Waals surface area contributed by atoms with Crippen molar-refractivity contribution in [3.05, 3.63) is 65.3 Å². The van der Waals surface area contributed by atoms with Crippen LogP contribution in [0.15, 0.2) is 48.1 Å². The highest BCUT2D eigenvalue weighted by Crippen LogP contribution is 2.33. The van der Waals surface area contributed by atoms with Crippen molar-refractivity contribution >= 4 is 17.1 Å². The molecule has 1 aliphatic rings. The Kier molecular flexibility index (Phi) is 5.52. The summed E-state index contributed by atoms with van der Waals surface area (Å²) in [7, 11) is 1.84. The van der Waals surface area contributed by atoms with Gasteiger partial charge in [-0.05, 0) is 12.3 Å². The Morgan fingerprint density at radius 3 is 2.70 bits per heavy atom. The molecular formula is C26H29N5OS. The molecule has 7 heteroatoms. The first-order valence-corrected chi connectivity index (χ1v) is 12.3. The topological polar surface area (TPSA) is 65.6 Å². The van der Waals surface area contributed by atoms with Crippen LogP contribution < -0.4 is 0 Å². The van der Waals surface area contributed by atoms with Crippen molar-refractivity contribution in [1.82, 2.24) is 24.3 Å². The third-order valence-electron chi connectivity index (χ3n) is 6.36. The van der Waals surface area contributed by atoms with Crippen LogP contribution in [0, 0.1) is 5.92 Å². The SMILES string of the molecule is Cn1ncc(-c2nc(C(C)(C)C)cs2)c1C(=O)CC1CCn2cc(-c3ccccc3)nc2C1. The zero-order chi connectivity index (χ0) is 23.2. The van der Waals surface area contributed by atoms with Gasteiger partial charge in [0.2, 0.25) is 0 Å². The first-order valence-electron chi connectivity index (χ1n) is 11.4. The van der Waals surface area contributed by atoms with E-state index in [0.717, 1.165) is 52.7 Å². The smallest absolute Gasteiger partial charge is 0.181 e. The minimum Gasteiger partial charge on any atom is -0.334 e. The maximum absolute atomic E-state index is 13.4. The molecule has 33 heavy (non-hydrogen) atoms. The molecule has 1 unspecified atom stereocenters. The van der Waals surface area contributed by atoms with E-state index in [1.165, 1.54) is 0 Å². The lowest BCUT2D eigenvalue weighted by Crippen LogP contribution is -2.22. The van der Waals surface area contributed by atoms with Crippen molar-refractivity contribution in [2.75, 3.05) is 0 Å². The largest absolute Gasteiger partial charge is 0.334 e. The molecule has 0 bridgehead atoms. The summed E-state index contributed by atoms with van der Waals surface area (Å²) < 4.78 is 3.94. The van der Waals surface area contributed by atoms with Crippen LogP contribution in [-0.2, 0) is 25.4 Å². The normalized spacial score (nSPS) is 16.1. The molecule has 0 amide bonds. The van der Waals surface area contributed by atoms with Crippen LogP contribution in [0.25, 0.3) is 21.8 Å². The number of hydrogen-bond donors (Lipinski definition) is 0. The van der Waals surface area contributed by atoms with Gasteiger partial charge in [-0.1, -0.05) is 51.1 Å². The fourth-order valence-corrected chi connectivity index (χ4v) is 5.50. The summed E-state index contributed by atoms with van der Waals surface area (Å²) in [5.74, 6) is 1.48. The van der Waals surface area contributed by atoms with E-state index >= 15 is 0 Å². The molecule has 0 spiro atoms. The number of carbonyl (C=O) groups is 1. The van der Waals surface area contributed by atoms with Crippen molar-refractivity contribution in [3.8, 4) is 21.8 Å². The maximum atomic E-state index is 13.4. The monoisotopic (exact) mass is 459 g/mol. The van der Waals surface area contributed by atoms with Gasteiger partial charge in [-0.15, -0.1) is 11.3 Å². The predicted molar refractivity (Wildman–Crippen MR) is 131 cm³/mol. The van der Waals surface area contributed by atoms with Crippen molar-refractivity contribution in [2.24, 2.45) is 13.0 Å². The van der Waals surface area contributed by atoms with Crippen LogP contribution in [0.5, 0.6) is 0 Å². The number of fused-ring (bicyclic) bond motifs is 1. The van der Waals surface area contributed by atoms with Crippen molar-refractivity contribution < 1.29 is 4.79 Å². The highest BCUT2D eigenvalue weighted by atomic mass is 32.1. The van der Waals surface area contributed by atoms with E-state index < -0.39 is 0 Å². The number of thiazole rings is 1. The Hall–Kier alpha value is -3.06. The second kappa shape index (κ2) is 8.37. The molecule has 6 nitrogen and oxygen atoms in total. The van der Waals surface area contributed by atoms with Crippen molar-refractivity contribution in [1.29, 1.82) is 0 Å². The van der Waals surface area contributed by atoms with Gasteiger partial charge in [0.25, 0.3) is 0 Å². The Balaban J connectivity index is 1.34. The molecule has 5 rings (SSSR count). The van der Waals surface area contributed by atoms with E-state index in [1.54, 1.807) is 22.2 Å². The second-order valence-corrected chi connectivity index (χ2v) is 10.8. The molecule has 0 N–H and O–H groups in total. The van der Waals surface area contributed by atoms with Crippen molar-refractivity contribution in [2.45, 2.75) is 52.0 Å². The quantitative estimate of drug-likeness (QED) is 0.368. The summed E-state index contributed by atoms with van der Waals surface area (Å²) in [6, 6.07) is 10.3. The van der Waals surface area contributed by atoms with E-state index in [9.17, 15) is 4.79 Å². The summed E-state index contributed by atoms with van der Waals surface area (Å²) in [4.78, 5) is 23.1. The predicted octanol–water partition coefficient (Wildman–Crippen LogP) is 5.54. The number of rotatable bonds is 5. The van der Waals surface area contributed by atoms with Crippen LogP contribution in [0.2, 0.25) is 0 Å². The number of hydrogen-bond acceptors (Lipinski definition) is 5. The summed E-state index contributed by atoms with van der Waals surface area (Å²) in [6.45, 7) is 7.35. The van der Waals surface area contributed by atoms with Gasteiger partial charge in [-0.2, -0.15) is 5.10 Å². The van der Waals surface area contributed by atoms with E-state index in [-0.39, 0.29) is 17.1 Å². The van der Waals surface area contributed by atoms with E-state index in [1.807, 2.05) is 25.2 Å².